The highest BCUT2D eigenvalue weighted by Crippen LogP contribution is 2.33. The van der Waals surface area contributed by atoms with Crippen molar-refractivity contribution in [1.29, 1.82) is 0 Å². The minimum atomic E-state index is -0.0921. The third-order valence-electron chi connectivity index (χ3n) is 4.89. The predicted molar refractivity (Wildman–Crippen MR) is 122 cm³/mol. The number of halogens is 2. The normalized spacial score (nSPS) is 14.2. The molecule has 2 aromatic carbocycles. The van der Waals surface area contributed by atoms with Crippen molar-refractivity contribution in [2.24, 2.45) is 0 Å². The Morgan fingerprint density at radius 2 is 1.71 bits per heavy atom. The topological polar surface area (TPSA) is 51.9 Å². The maximum absolute atomic E-state index is 12.5. The lowest BCUT2D eigenvalue weighted by Gasteiger charge is -2.28. The molecule has 0 spiro atoms. The van der Waals surface area contributed by atoms with Gasteiger partial charge in [-0.05, 0) is 60.7 Å². The molecule has 1 aromatic heterocycles. The van der Waals surface area contributed by atoms with Gasteiger partial charge in [-0.3, -0.25) is 4.79 Å². The molecular formula is C24H21Cl2NO4. The summed E-state index contributed by atoms with van der Waals surface area (Å²) in [5.41, 5.74) is 1.72. The number of ether oxygens (including phenoxy) is 2. The molecule has 2 heterocycles. The number of anilines is 1. The summed E-state index contributed by atoms with van der Waals surface area (Å²) in [7, 11) is 0. The molecule has 1 aliphatic heterocycles. The molecule has 0 atom stereocenters. The van der Waals surface area contributed by atoms with Crippen LogP contribution < -0.4 is 9.64 Å². The number of morpholine rings is 1. The smallest absolute Gasteiger partial charge is 0.185 e. The zero-order chi connectivity index (χ0) is 21.6. The average molecular weight is 458 g/mol. The van der Waals surface area contributed by atoms with E-state index in [2.05, 4.69) is 4.90 Å². The van der Waals surface area contributed by atoms with Crippen molar-refractivity contribution in [3.05, 3.63) is 87.8 Å². The number of carbonyl (C=O) groups is 1. The molecule has 160 valence electrons. The van der Waals surface area contributed by atoms with Gasteiger partial charge in [-0.25, -0.2) is 0 Å². The van der Waals surface area contributed by atoms with Gasteiger partial charge in [-0.2, -0.15) is 0 Å². The molecule has 4 rings (SSSR count). The minimum Gasteiger partial charge on any atom is -0.483 e. The molecule has 5 nitrogen and oxygen atoms in total. The monoisotopic (exact) mass is 457 g/mol. The number of ketones is 1. The second-order valence-electron chi connectivity index (χ2n) is 6.99. The Bertz CT molecular complexity index is 1050. The van der Waals surface area contributed by atoms with Gasteiger partial charge >= 0.3 is 0 Å². The summed E-state index contributed by atoms with van der Waals surface area (Å²) >= 11 is 12.2. The van der Waals surface area contributed by atoms with E-state index in [0.717, 1.165) is 32.0 Å². The molecule has 0 saturated carbocycles. The molecule has 0 amide bonds. The number of para-hydroxylation sites is 1. The van der Waals surface area contributed by atoms with Crippen molar-refractivity contribution in [2.75, 3.05) is 31.2 Å². The maximum atomic E-state index is 12.5. The highest BCUT2D eigenvalue weighted by atomic mass is 35.5. The van der Waals surface area contributed by atoms with E-state index in [0.29, 0.717) is 32.9 Å². The number of furan rings is 1. The predicted octanol–water partition coefficient (Wildman–Crippen LogP) is 5.90. The van der Waals surface area contributed by atoms with Crippen LogP contribution in [-0.4, -0.2) is 32.1 Å². The number of rotatable bonds is 7. The van der Waals surface area contributed by atoms with E-state index in [-0.39, 0.29) is 12.4 Å². The van der Waals surface area contributed by atoms with Gasteiger partial charge < -0.3 is 18.8 Å². The summed E-state index contributed by atoms with van der Waals surface area (Å²) in [6.45, 7) is 3.35. The van der Waals surface area contributed by atoms with Gasteiger partial charge in [0.05, 0.1) is 23.3 Å². The van der Waals surface area contributed by atoms with Crippen molar-refractivity contribution in [1.82, 2.24) is 0 Å². The van der Waals surface area contributed by atoms with E-state index in [1.54, 1.807) is 36.4 Å². The van der Waals surface area contributed by atoms with Crippen molar-refractivity contribution in [3.63, 3.8) is 0 Å². The first kappa shape index (κ1) is 21.5. The number of hydrogen-bond donors (Lipinski definition) is 0. The molecular weight excluding hydrogens is 437 g/mol. The lowest BCUT2D eigenvalue weighted by Crippen LogP contribution is -2.36. The van der Waals surface area contributed by atoms with E-state index in [9.17, 15) is 4.79 Å². The minimum absolute atomic E-state index is 0.0921. The first-order valence-corrected chi connectivity index (χ1v) is 10.7. The SMILES string of the molecule is O=C(/C=C/c1ccc(COc2c(Cl)cccc2Cl)o1)c1ccc(N2CCOCC2)cc1. The Morgan fingerprint density at radius 3 is 2.42 bits per heavy atom. The fourth-order valence-electron chi connectivity index (χ4n) is 3.24. The Hall–Kier alpha value is -2.73. The molecule has 0 aliphatic carbocycles. The van der Waals surface area contributed by atoms with Gasteiger partial charge in [0.25, 0.3) is 0 Å². The van der Waals surface area contributed by atoms with Crippen LogP contribution in [0.5, 0.6) is 5.75 Å². The van der Waals surface area contributed by atoms with E-state index < -0.39 is 0 Å². The van der Waals surface area contributed by atoms with Crippen molar-refractivity contribution in [3.8, 4) is 5.75 Å². The molecule has 0 unspecified atom stereocenters. The van der Waals surface area contributed by atoms with E-state index >= 15 is 0 Å². The standard InChI is InChI=1S/C24H21Cl2NO4/c25-21-2-1-3-22(26)24(21)30-16-20-9-8-19(31-20)10-11-23(28)17-4-6-18(7-5-17)27-12-14-29-15-13-27/h1-11H,12-16H2/b11-10+. The van der Waals surface area contributed by atoms with Crippen LogP contribution in [0.4, 0.5) is 5.69 Å². The lowest BCUT2D eigenvalue weighted by atomic mass is 10.1. The highest BCUT2D eigenvalue weighted by molar-refractivity contribution is 6.37. The Balaban J connectivity index is 1.34. The molecule has 0 N–H and O–H groups in total. The second-order valence-corrected chi connectivity index (χ2v) is 7.80. The van der Waals surface area contributed by atoms with Crippen LogP contribution in [0.2, 0.25) is 10.0 Å². The highest BCUT2D eigenvalue weighted by Gasteiger charge is 2.12. The van der Waals surface area contributed by atoms with E-state index in [4.69, 9.17) is 37.1 Å². The van der Waals surface area contributed by atoms with Gasteiger partial charge in [0.2, 0.25) is 0 Å². The van der Waals surface area contributed by atoms with Gasteiger partial charge in [0, 0.05) is 24.3 Å². The number of hydrogen-bond acceptors (Lipinski definition) is 5. The van der Waals surface area contributed by atoms with Crippen molar-refractivity contribution in [2.45, 2.75) is 6.61 Å². The van der Waals surface area contributed by atoms with Crippen LogP contribution in [0.1, 0.15) is 21.9 Å². The molecule has 1 fully saturated rings. The summed E-state index contributed by atoms with van der Waals surface area (Å²) in [4.78, 5) is 14.7. The maximum Gasteiger partial charge on any atom is 0.185 e. The molecule has 31 heavy (non-hydrogen) atoms. The summed E-state index contributed by atoms with van der Waals surface area (Å²) in [6, 6.07) is 16.3. The quantitative estimate of drug-likeness (QED) is 0.326. The summed E-state index contributed by atoms with van der Waals surface area (Å²) in [5, 5.41) is 0.869. The average Bonchev–Trinajstić information content (AvgIpc) is 3.26. The summed E-state index contributed by atoms with van der Waals surface area (Å²) < 4.78 is 16.7. The third kappa shape index (κ3) is 5.50. The van der Waals surface area contributed by atoms with Gasteiger partial charge in [0.15, 0.2) is 11.5 Å². The van der Waals surface area contributed by atoms with Crippen LogP contribution in [0.25, 0.3) is 6.08 Å². The fourth-order valence-corrected chi connectivity index (χ4v) is 3.74. The zero-order valence-corrected chi connectivity index (χ0v) is 18.2. The first-order valence-electron chi connectivity index (χ1n) is 9.91. The fraction of sp³-hybridized carbons (Fsp3) is 0.208. The Morgan fingerprint density at radius 1 is 1.00 bits per heavy atom. The van der Waals surface area contributed by atoms with Crippen LogP contribution in [0, 0.1) is 0 Å². The lowest BCUT2D eigenvalue weighted by molar-refractivity contribution is 0.104. The summed E-state index contributed by atoms with van der Waals surface area (Å²) in [5.74, 6) is 1.47. The number of carbonyl (C=O) groups excluding carboxylic acids is 1. The molecule has 1 saturated heterocycles. The molecule has 3 aromatic rings. The summed E-state index contributed by atoms with van der Waals surface area (Å²) in [6.07, 6.45) is 3.14. The van der Waals surface area contributed by atoms with E-state index in [1.165, 1.54) is 6.08 Å². The largest absolute Gasteiger partial charge is 0.483 e. The third-order valence-corrected chi connectivity index (χ3v) is 5.48. The van der Waals surface area contributed by atoms with Crippen LogP contribution in [0.15, 0.2) is 65.1 Å². The van der Waals surface area contributed by atoms with Crippen molar-refractivity contribution < 1.29 is 18.7 Å². The molecule has 7 heteroatoms. The first-order chi connectivity index (χ1) is 15.1. The Kier molecular flexibility index (Phi) is 6.97. The number of allylic oxidation sites excluding steroid dienone is 1. The van der Waals surface area contributed by atoms with Crippen LogP contribution in [0.3, 0.4) is 0 Å². The van der Waals surface area contributed by atoms with Crippen molar-refractivity contribution >= 4 is 40.7 Å². The Labute approximate surface area is 190 Å². The van der Waals surface area contributed by atoms with Gasteiger partial charge in [0.1, 0.15) is 18.1 Å². The second kappa shape index (κ2) is 10.1. The zero-order valence-electron chi connectivity index (χ0n) is 16.7. The van der Waals surface area contributed by atoms with Gasteiger partial charge in [-0.15, -0.1) is 0 Å². The number of benzene rings is 2. The van der Waals surface area contributed by atoms with E-state index in [1.807, 2.05) is 24.3 Å². The molecule has 1 aliphatic rings. The molecule has 0 radical (unpaired) electrons. The molecule has 0 bridgehead atoms. The number of nitrogens with zero attached hydrogens (tertiary/aromatic N) is 1. The van der Waals surface area contributed by atoms with Crippen LogP contribution in [-0.2, 0) is 11.3 Å². The van der Waals surface area contributed by atoms with Crippen LogP contribution >= 0.6 is 23.2 Å². The van der Waals surface area contributed by atoms with Gasteiger partial charge in [-0.1, -0.05) is 29.3 Å².